The number of carbonyl (C=O) groups is 1. The lowest BCUT2D eigenvalue weighted by Gasteiger charge is -2.36. The van der Waals surface area contributed by atoms with E-state index in [4.69, 9.17) is 11.6 Å². The fourth-order valence-electron chi connectivity index (χ4n) is 2.29. The maximum absolute atomic E-state index is 12.3. The van der Waals surface area contributed by atoms with Crippen LogP contribution in [0.15, 0.2) is 12.3 Å². The van der Waals surface area contributed by atoms with Crippen LogP contribution in [-0.4, -0.2) is 39.2 Å². The van der Waals surface area contributed by atoms with Gasteiger partial charge in [-0.1, -0.05) is 11.6 Å². The zero-order valence-electron chi connectivity index (χ0n) is 10.1. The highest BCUT2D eigenvalue weighted by Crippen LogP contribution is 2.23. The smallest absolute Gasteiger partial charge is 0.270 e. The van der Waals surface area contributed by atoms with Crippen molar-refractivity contribution in [1.29, 1.82) is 0 Å². The average molecular weight is 257 g/mol. The molecule has 94 valence electrons. The fraction of sp³-hybridized carbons (Fsp3) is 0.583. The summed E-state index contributed by atoms with van der Waals surface area (Å²) in [6, 6.07) is 1.66. The Kier molecular flexibility index (Phi) is 3.19. The minimum Gasteiger partial charge on any atom is -0.388 e. The van der Waals surface area contributed by atoms with Crippen molar-refractivity contribution < 1.29 is 9.90 Å². The second kappa shape index (κ2) is 4.35. The largest absolute Gasteiger partial charge is 0.388 e. The van der Waals surface area contributed by atoms with E-state index >= 15 is 0 Å². The van der Waals surface area contributed by atoms with E-state index in [1.54, 1.807) is 35.7 Å². The number of amides is 1. The number of aryl methyl sites for hydroxylation is 1. The van der Waals surface area contributed by atoms with Gasteiger partial charge >= 0.3 is 0 Å². The molecule has 0 spiro atoms. The topological polar surface area (TPSA) is 45.5 Å². The summed E-state index contributed by atoms with van der Waals surface area (Å²) in [6.45, 7) is 2.84. The molecule has 0 aromatic carbocycles. The summed E-state index contributed by atoms with van der Waals surface area (Å²) in [5.41, 5.74) is -0.212. The number of halogens is 1. The van der Waals surface area contributed by atoms with Crippen LogP contribution >= 0.6 is 11.6 Å². The van der Waals surface area contributed by atoms with Crippen molar-refractivity contribution >= 4 is 17.5 Å². The highest BCUT2D eigenvalue weighted by molar-refractivity contribution is 6.31. The van der Waals surface area contributed by atoms with Gasteiger partial charge in [-0.05, 0) is 25.8 Å². The van der Waals surface area contributed by atoms with Crippen LogP contribution in [0.1, 0.15) is 30.3 Å². The van der Waals surface area contributed by atoms with E-state index in [-0.39, 0.29) is 5.91 Å². The predicted octanol–water partition coefficient (Wildman–Crippen LogP) is 1.67. The van der Waals surface area contributed by atoms with Crippen molar-refractivity contribution in [3.05, 3.63) is 23.0 Å². The van der Waals surface area contributed by atoms with Crippen molar-refractivity contribution in [3.63, 3.8) is 0 Å². The molecule has 0 saturated carbocycles. The maximum Gasteiger partial charge on any atom is 0.270 e. The van der Waals surface area contributed by atoms with Gasteiger partial charge in [0.2, 0.25) is 0 Å². The third kappa shape index (κ3) is 2.64. The molecular formula is C12H17ClN2O2. The second-order valence-corrected chi connectivity index (χ2v) is 5.42. The minimum absolute atomic E-state index is 0.0700. The molecule has 1 fully saturated rings. The summed E-state index contributed by atoms with van der Waals surface area (Å²) >= 11 is 5.86. The molecule has 2 heterocycles. The number of carbonyl (C=O) groups excluding carboxylic acids is 1. The van der Waals surface area contributed by atoms with Gasteiger partial charge in [0.25, 0.3) is 5.91 Å². The van der Waals surface area contributed by atoms with E-state index in [0.29, 0.717) is 23.8 Å². The van der Waals surface area contributed by atoms with Gasteiger partial charge in [0.15, 0.2) is 0 Å². The van der Waals surface area contributed by atoms with Crippen molar-refractivity contribution in [2.75, 3.05) is 13.1 Å². The van der Waals surface area contributed by atoms with E-state index in [0.717, 1.165) is 12.8 Å². The lowest BCUT2D eigenvalue weighted by atomic mass is 9.95. The number of piperidine rings is 1. The maximum atomic E-state index is 12.3. The molecule has 17 heavy (non-hydrogen) atoms. The summed E-state index contributed by atoms with van der Waals surface area (Å²) < 4.78 is 1.72. The SMILES string of the molecule is Cn1cc(Cl)cc1C(=O)N1CCCC(C)(O)C1. The first-order chi connectivity index (χ1) is 7.89. The van der Waals surface area contributed by atoms with E-state index < -0.39 is 5.60 Å². The molecular weight excluding hydrogens is 240 g/mol. The molecule has 1 aromatic heterocycles. The zero-order valence-corrected chi connectivity index (χ0v) is 10.9. The van der Waals surface area contributed by atoms with Crippen LogP contribution < -0.4 is 0 Å². The van der Waals surface area contributed by atoms with Crippen molar-refractivity contribution in [2.24, 2.45) is 7.05 Å². The Balaban J connectivity index is 2.18. The van der Waals surface area contributed by atoms with Crippen molar-refractivity contribution in [2.45, 2.75) is 25.4 Å². The van der Waals surface area contributed by atoms with Gasteiger partial charge in [-0.25, -0.2) is 0 Å². The quantitative estimate of drug-likeness (QED) is 0.831. The number of hydrogen-bond donors (Lipinski definition) is 1. The Labute approximate surface area is 106 Å². The van der Waals surface area contributed by atoms with Gasteiger partial charge in [0, 0.05) is 26.3 Å². The standard InChI is InChI=1S/C12H17ClN2O2/c1-12(17)4-3-5-15(8-12)11(16)10-6-9(13)7-14(10)2/h6-7,17H,3-5,8H2,1-2H3. The van der Waals surface area contributed by atoms with Crippen LogP contribution in [0.2, 0.25) is 5.02 Å². The molecule has 1 N–H and O–H groups in total. The van der Waals surface area contributed by atoms with Crippen molar-refractivity contribution in [1.82, 2.24) is 9.47 Å². The molecule has 0 bridgehead atoms. The third-order valence-corrected chi connectivity index (χ3v) is 3.36. The molecule has 1 aromatic rings. The Bertz CT molecular complexity index is 440. The molecule has 0 radical (unpaired) electrons. The van der Waals surface area contributed by atoms with Crippen LogP contribution in [0.25, 0.3) is 0 Å². The van der Waals surface area contributed by atoms with Crippen LogP contribution in [0.3, 0.4) is 0 Å². The number of β-amino-alcohol motifs (C(OH)–C–C–N with tert-alkyl or cyclic N) is 1. The molecule has 0 aliphatic carbocycles. The van der Waals surface area contributed by atoms with Gasteiger partial charge in [0.05, 0.1) is 10.6 Å². The van der Waals surface area contributed by atoms with Gasteiger partial charge in [-0.3, -0.25) is 4.79 Å². The first kappa shape index (κ1) is 12.5. The van der Waals surface area contributed by atoms with Crippen molar-refractivity contribution in [3.8, 4) is 0 Å². The lowest BCUT2D eigenvalue weighted by molar-refractivity contribution is -0.0110. The Hall–Kier alpha value is -1.00. The number of aliphatic hydroxyl groups is 1. The molecule has 1 atom stereocenters. The molecule has 4 nitrogen and oxygen atoms in total. The lowest BCUT2D eigenvalue weighted by Crippen LogP contribution is -2.48. The average Bonchev–Trinajstić information content (AvgIpc) is 2.55. The second-order valence-electron chi connectivity index (χ2n) is 4.98. The predicted molar refractivity (Wildman–Crippen MR) is 66.2 cm³/mol. The third-order valence-electron chi connectivity index (χ3n) is 3.15. The molecule has 1 saturated heterocycles. The highest BCUT2D eigenvalue weighted by Gasteiger charge is 2.32. The molecule has 1 amide bonds. The highest BCUT2D eigenvalue weighted by atomic mass is 35.5. The number of likely N-dealkylation sites (tertiary alicyclic amines) is 1. The zero-order chi connectivity index (χ0) is 12.6. The summed E-state index contributed by atoms with van der Waals surface area (Å²) in [6.07, 6.45) is 3.28. The van der Waals surface area contributed by atoms with E-state index in [1.165, 1.54) is 0 Å². The monoisotopic (exact) mass is 256 g/mol. The van der Waals surface area contributed by atoms with E-state index in [9.17, 15) is 9.90 Å². The summed E-state index contributed by atoms with van der Waals surface area (Å²) in [7, 11) is 1.79. The number of nitrogens with zero attached hydrogens (tertiary/aromatic N) is 2. The minimum atomic E-state index is -0.775. The van der Waals surface area contributed by atoms with Gasteiger partial charge in [-0.15, -0.1) is 0 Å². The normalized spacial score (nSPS) is 25.1. The fourth-order valence-corrected chi connectivity index (χ4v) is 2.54. The summed E-state index contributed by atoms with van der Waals surface area (Å²) in [4.78, 5) is 13.9. The Morgan fingerprint density at radius 1 is 1.59 bits per heavy atom. The molecule has 2 rings (SSSR count). The first-order valence-electron chi connectivity index (χ1n) is 5.72. The number of rotatable bonds is 1. The van der Waals surface area contributed by atoms with Gasteiger partial charge in [-0.2, -0.15) is 0 Å². The van der Waals surface area contributed by atoms with Crippen LogP contribution in [0.4, 0.5) is 0 Å². The van der Waals surface area contributed by atoms with Gasteiger partial charge in [0.1, 0.15) is 5.69 Å². The van der Waals surface area contributed by atoms with Crippen LogP contribution in [0, 0.1) is 0 Å². The molecule has 1 unspecified atom stereocenters. The molecule has 1 aliphatic rings. The Morgan fingerprint density at radius 2 is 2.29 bits per heavy atom. The number of aromatic nitrogens is 1. The molecule has 5 heteroatoms. The van der Waals surface area contributed by atoms with E-state index in [2.05, 4.69) is 0 Å². The van der Waals surface area contributed by atoms with E-state index in [1.807, 2.05) is 0 Å². The van der Waals surface area contributed by atoms with Crippen LogP contribution in [-0.2, 0) is 7.05 Å². The Morgan fingerprint density at radius 3 is 2.82 bits per heavy atom. The van der Waals surface area contributed by atoms with Gasteiger partial charge < -0.3 is 14.6 Å². The van der Waals surface area contributed by atoms with Crippen LogP contribution in [0.5, 0.6) is 0 Å². The molecule has 1 aliphatic heterocycles. The number of hydrogen-bond acceptors (Lipinski definition) is 2. The first-order valence-corrected chi connectivity index (χ1v) is 6.10. The summed E-state index contributed by atoms with van der Waals surface area (Å²) in [5, 5.41) is 10.5. The summed E-state index contributed by atoms with van der Waals surface area (Å²) in [5.74, 6) is -0.0700.